The second kappa shape index (κ2) is 4.17. The standard InChI is InChI=1S/C11H21NO2/c12-11(6-1-2-7-11)8-14-10-5-3-4-9(10)13/h9-10,13H,1-8,12H2. The molecule has 2 unspecified atom stereocenters. The lowest BCUT2D eigenvalue weighted by atomic mass is 10.0. The van der Waals surface area contributed by atoms with Gasteiger partial charge in [-0.3, -0.25) is 0 Å². The van der Waals surface area contributed by atoms with E-state index in [2.05, 4.69) is 0 Å². The van der Waals surface area contributed by atoms with E-state index < -0.39 is 0 Å². The first-order valence-corrected chi connectivity index (χ1v) is 5.78. The SMILES string of the molecule is NC1(COC2CCCC2O)CCCC1. The fourth-order valence-electron chi connectivity index (χ4n) is 2.60. The molecule has 3 N–H and O–H groups in total. The lowest BCUT2D eigenvalue weighted by Gasteiger charge is -2.26. The van der Waals surface area contributed by atoms with Crippen LogP contribution in [-0.2, 0) is 4.74 Å². The Kier molecular flexibility index (Phi) is 3.10. The molecule has 82 valence electrons. The Hall–Kier alpha value is -0.120. The lowest BCUT2D eigenvalue weighted by molar-refractivity contribution is -0.0365. The number of nitrogens with two attached hydrogens (primary N) is 1. The van der Waals surface area contributed by atoms with Crippen molar-refractivity contribution in [2.24, 2.45) is 5.73 Å². The van der Waals surface area contributed by atoms with E-state index in [0.717, 1.165) is 32.1 Å². The Morgan fingerprint density at radius 3 is 2.50 bits per heavy atom. The average Bonchev–Trinajstić information content (AvgIpc) is 2.73. The molecule has 0 bridgehead atoms. The number of ether oxygens (including phenoxy) is 1. The summed E-state index contributed by atoms with van der Waals surface area (Å²) >= 11 is 0. The molecule has 0 aromatic carbocycles. The Labute approximate surface area is 85.6 Å². The van der Waals surface area contributed by atoms with E-state index in [1.165, 1.54) is 12.8 Å². The molecule has 0 spiro atoms. The third-order valence-electron chi connectivity index (χ3n) is 3.60. The quantitative estimate of drug-likeness (QED) is 0.718. The molecule has 0 heterocycles. The molecule has 2 atom stereocenters. The minimum absolute atomic E-state index is 0.0519. The van der Waals surface area contributed by atoms with Gasteiger partial charge in [-0.1, -0.05) is 12.8 Å². The van der Waals surface area contributed by atoms with E-state index in [9.17, 15) is 5.11 Å². The van der Waals surface area contributed by atoms with Gasteiger partial charge in [0.05, 0.1) is 18.8 Å². The van der Waals surface area contributed by atoms with Crippen molar-refractivity contribution in [1.82, 2.24) is 0 Å². The molecule has 3 nitrogen and oxygen atoms in total. The molecular formula is C11H21NO2. The normalized spacial score (nSPS) is 36.4. The maximum atomic E-state index is 9.58. The molecule has 0 aromatic rings. The van der Waals surface area contributed by atoms with Crippen LogP contribution in [0.5, 0.6) is 0 Å². The Balaban J connectivity index is 1.75. The highest BCUT2D eigenvalue weighted by atomic mass is 16.5. The van der Waals surface area contributed by atoms with Crippen LogP contribution < -0.4 is 5.73 Å². The van der Waals surface area contributed by atoms with E-state index in [-0.39, 0.29) is 17.7 Å². The number of rotatable bonds is 3. The van der Waals surface area contributed by atoms with Crippen molar-refractivity contribution in [2.45, 2.75) is 62.7 Å². The van der Waals surface area contributed by atoms with E-state index in [1.807, 2.05) is 0 Å². The minimum Gasteiger partial charge on any atom is -0.390 e. The van der Waals surface area contributed by atoms with Crippen molar-refractivity contribution in [3.05, 3.63) is 0 Å². The lowest BCUT2D eigenvalue weighted by Crippen LogP contribution is -2.43. The topological polar surface area (TPSA) is 55.5 Å². The first-order valence-electron chi connectivity index (χ1n) is 5.78. The van der Waals surface area contributed by atoms with Gasteiger partial charge in [0.2, 0.25) is 0 Å². The summed E-state index contributed by atoms with van der Waals surface area (Å²) in [5.74, 6) is 0. The van der Waals surface area contributed by atoms with E-state index in [1.54, 1.807) is 0 Å². The van der Waals surface area contributed by atoms with Crippen molar-refractivity contribution >= 4 is 0 Å². The molecule has 0 aliphatic heterocycles. The third kappa shape index (κ3) is 2.27. The van der Waals surface area contributed by atoms with Crippen LogP contribution in [0.4, 0.5) is 0 Å². The summed E-state index contributed by atoms with van der Waals surface area (Å²) < 4.78 is 5.73. The molecule has 0 amide bonds. The maximum absolute atomic E-state index is 9.58. The molecule has 14 heavy (non-hydrogen) atoms. The van der Waals surface area contributed by atoms with Crippen LogP contribution >= 0.6 is 0 Å². The molecule has 2 saturated carbocycles. The van der Waals surface area contributed by atoms with Gasteiger partial charge in [0.15, 0.2) is 0 Å². The summed E-state index contributed by atoms with van der Waals surface area (Å²) in [6, 6.07) is 0. The van der Waals surface area contributed by atoms with Crippen molar-refractivity contribution in [3.8, 4) is 0 Å². The predicted octanol–water partition coefficient (Wildman–Crippen LogP) is 1.19. The van der Waals surface area contributed by atoms with Gasteiger partial charge in [-0.25, -0.2) is 0 Å². The van der Waals surface area contributed by atoms with Crippen LogP contribution in [0.1, 0.15) is 44.9 Å². The maximum Gasteiger partial charge on any atom is 0.0834 e. The van der Waals surface area contributed by atoms with E-state index in [0.29, 0.717) is 6.61 Å². The fourth-order valence-corrected chi connectivity index (χ4v) is 2.60. The van der Waals surface area contributed by atoms with Gasteiger partial charge in [-0.2, -0.15) is 0 Å². The highest BCUT2D eigenvalue weighted by Gasteiger charge is 2.33. The highest BCUT2D eigenvalue weighted by molar-refractivity contribution is 4.90. The van der Waals surface area contributed by atoms with Crippen LogP contribution in [0, 0.1) is 0 Å². The van der Waals surface area contributed by atoms with Crippen molar-refractivity contribution in [2.75, 3.05) is 6.61 Å². The zero-order chi connectivity index (χ0) is 10.0. The van der Waals surface area contributed by atoms with Crippen molar-refractivity contribution < 1.29 is 9.84 Å². The van der Waals surface area contributed by atoms with Gasteiger partial charge >= 0.3 is 0 Å². The first kappa shape index (κ1) is 10.4. The van der Waals surface area contributed by atoms with E-state index >= 15 is 0 Å². The van der Waals surface area contributed by atoms with E-state index in [4.69, 9.17) is 10.5 Å². The van der Waals surface area contributed by atoms with Crippen LogP contribution in [0.15, 0.2) is 0 Å². The van der Waals surface area contributed by atoms with Crippen LogP contribution in [-0.4, -0.2) is 29.5 Å². The van der Waals surface area contributed by atoms with Crippen molar-refractivity contribution in [3.63, 3.8) is 0 Å². The second-order valence-corrected chi connectivity index (χ2v) is 4.92. The molecule has 0 radical (unpaired) electrons. The molecule has 2 aliphatic rings. The Bertz CT molecular complexity index is 190. The summed E-state index contributed by atoms with van der Waals surface area (Å²) in [5.41, 5.74) is 6.08. The van der Waals surface area contributed by atoms with Crippen LogP contribution in [0.3, 0.4) is 0 Å². The van der Waals surface area contributed by atoms with Crippen LogP contribution in [0.2, 0.25) is 0 Å². The number of aliphatic hydroxyl groups excluding tert-OH is 1. The largest absolute Gasteiger partial charge is 0.390 e. The second-order valence-electron chi connectivity index (χ2n) is 4.92. The summed E-state index contributed by atoms with van der Waals surface area (Å²) in [5, 5.41) is 9.58. The molecule has 2 rings (SSSR count). The van der Waals surface area contributed by atoms with Gasteiger partial charge in [-0.15, -0.1) is 0 Å². The Morgan fingerprint density at radius 2 is 1.93 bits per heavy atom. The zero-order valence-electron chi connectivity index (χ0n) is 8.74. The Morgan fingerprint density at radius 1 is 1.21 bits per heavy atom. The predicted molar refractivity (Wildman–Crippen MR) is 55.0 cm³/mol. The highest BCUT2D eigenvalue weighted by Crippen LogP contribution is 2.29. The van der Waals surface area contributed by atoms with Crippen LogP contribution in [0.25, 0.3) is 0 Å². The number of hydrogen-bond acceptors (Lipinski definition) is 3. The third-order valence-corrected chi connectivity index (χ3v) is 3.60. The number of aliphatic hydroxyl groups is 1. The molecule has 0 saturated heterocycles. The minimum atomic E-state index is -0.250. The number of hydrogen-bond donors (Lipinski definition) is 2. The smallest absolute Gasteiger partial charge is 0.0834 e. The van der Waals surface area contributed by atoms with Crippen molar-refractivity contribution in [1.29, 1.82) is 0 Å². The molecule has 0 aromatic heterocycles. The summed E-state index contributed by atoms with van der Waals surface area (Å²) in [7, 11) is 0. The summed E-state index contributed by atoms with van der Waals surface area (Å²) in [4.78, 5) is 0. The van der Waals surface area contributed by atoms with Gasteiger partial charge in [0, 0.05) is 5.54 Å². The van der Waals surface area contributed by atoms with Gasteiger partial charge in [0.25, 0.3) is 0 Å². The molecule has 3 heteroatoms. The summed E-state index contributed by atoms with van der Waals surface area (Å²) in [6.07, 6.45) is 7.39. The van der Waals surface area contributed by atoms with Gasteiger partial charge < -0.3 is 15.6 Å². The van der Waals surface area contributed by atoms with Gasteiger partial charge in [-0.05, 0) is 32.1 Å². The molecule has 2 aliphatic carbocycles. The zero-order valence-corrected chi connectivity index (χ0v) is 8.74. The average molecular weight is 199 g/mol. The fraction of sp³-hybridized carbons (Fsp3) is 1.00. The molecular weight excluding hydrogens is 178 g/mol. The molecule has 2 fully saturated rings. The summed E-state index contributed by atoms with van der Waals surface area (Å²) in [6.45, 7) is 0.634. The van der Waals surface area contributed by atoms with Gasteiger partial charge in [0.1, 0.15) is 0 Å². The monoisotopic (exact) mass is 199 g/mol. The first-order chi connectivity index (χ1) is 6.70.